The summed E-state index contributed by atoms with van der Waals surface area (Å²) in [5, 5.41) is 0. The first-order chi connectivity index (χ1) is 4.47. The van der Waals surface area contributed by atoms with Gasteiger partial charge >= 0.3 is 0 Å². The van der Waals surface area contributed by atoms with Gasteiger partial charge in [0.15, 0.2) is 0 Å². The van der Waals surface area contributed by atoms with E-state index in [0.29, 0.717) is 0 Å². The van der Waals surface area contributed by atoms with Crippen LogP contribution >= 0.6 is 0 Å². The summed E-state index contributed by atoms with van der Waals surface area (Å²) in [6.07, 6.45) is 10.8. The standard InChI is InChI=1S/C9H16.Fe/c1-2-5-9-7-3-6-8(9)4-1;/h8-9H,1-7H2;. The minimum atomic E-state index is 0. The van der Waals surface area contributed by atoms with Crippen LogP contribution in [-0.2, 0) is 17.1 Å². The van der Waals surface area contributed by atoms with Crippen LogP contribution in [0, 0.1) is 11.8 Å². The Hall–Kier alpha value is 0.519. The number of hydrogen-bond acceptors (Lipinski definition) is 0. The van der Waals surface area contributed by atoms with Gasteiger partial charge in [0.1, 0.15) is 0 Å². The van der Waals surface area contributed by atoms with E-state index in [1.165, 1.54) is 31.1 Å². The quantitative estimate of drug-likeness (QED) is 0.502. The van der Waals surface area contributed by atoms with Crippen molar-refractivity contribution in [2.45, 2.75) is 44.9 Å². The maximum atomic E-state index is 1.56. The van der Waals surface area contributed by atoms with Crippen molar-refractivity contribution in [3.05, 3.63) is 0 Å². The summed E-state index contributed by atoms with van der Waals surface area (Å²) in [5.74, 6) is 2.33. The topological polar surface area (TPSA) is 0 Å². The van der Waals surface area contributed by atoms with Crippen molar-refractivity contribution in [3.8, 4) is 0 Å². The smallest absolute Gasteiger partial charge is 0 e. The van der Waals surface area contributed by atoms with Crippen molar-refractivity contribution in [1.29, 1.82) is 0 Å². The fraction of sp³-hybridized carbons (Fsp3) is 1.00. The first-order valence-corrected chi connectivity index (χ1v) is 4.47. The summed E-state index contributed by atoms with van der Waals surface area (Å²) < 4.78 is 0. The molecule has 1 heteroatoms. The number of rotatable bonds is 0. The Morgan fingerprint density at radius 3 is 1.50 bits per heavy atom. The fourth-order valence-electron chi connectivity index (χ4n) is 2.69. The molecule has 0 aromatic heterocycles. The summed E-state index contributed by atoms with van der Waals surface area (Å²) in [4.78, 5) is 0. The molecule has 2 unspecified atom stereocenters. The van der Waals surface area contributed by atoms with Gasteiger partial charge in [0.2, 0.25) is 0 Å². The molecule has 0 saturated heterocycles. The van der Waals surface area contributed by atoms with Gasteiger partial charge in [-0.25, -0.2) is 0 Å². The van der Waals surface area contributed by atoms with Crippen LogP contribution in [0.3, 0.4) is 0 Å². The van der Waals surface area contributed by atoms with E-state index in [-0.39, 0.29) is 17.1 Å². The van der Waals surface area contributed by atoms with Gasteiger partial charge in [-0.15, -0.1) is 0 Å². The van der Waals surface area contributed by atoms with Crippen LogP contribution in [0.2, 0.25) is 0 Å². The molecule has 60 valence electrons. The Morgan fingerprint density at radius 2 is 1.00 bits per heavy atom. The van der Waals surface area contributed by atoms with Gasteiger partial charge in [0.05, 0.1) is 0 Å². The van der Waals surface area contributed by atoms with Crippen LogP contribution < -0.4 is 0 Å². The normalized spacial score (nSPS) is 38.4. The van der Waals surface area contributed by atoms with Gasteiger partial charge in [0.25, 0.3) is 0 Å². The molecule has 10 heavy (non-hydrogen) atoms. The molecule has 0 heterocycles. The third-order valence-electron chi connectivity index (χ3n) is 3.22. The third kappa shape index (κ3) is 1.57. The van der Waals surface area contributed by atoms with Gasteiger partial charge in [-0.3, -0.25) is 0 Å². The van der Waals surface area contributed by atoms with Crippen LogP contribution in [0.4, 0.5) is 0 Å². The minimum Gasteiger partial charge on any atom is -0.0530 e. The molecule has 2 saturated carbocycles. The van der Waals surface area contributed by atoms with E-state index in [9.17, 15) is 0 Å². The molecular formula is C9H16Fe. The van der Waals surface area contributed by atoms with Crippen LogP contribution in [0.5, 0.6) is 0 Å². The molecule has 0 aliphatic heterocycles. The zero-order valence-electron chi connectivity index (χ0n) is 6.46. The first-order valence-electron chi connectivity index (χ1n) is 4.47. The summed E-state index contributed by atoms with van der Waals surface area (Å²) in [5.41, 5.74) is 0. The van der Waals surface area contributed by atoms with E-state index in [2.05, 4.69) is 0 Å². The molecule has 0 spiro atoms. The van der Waals surface area contributed by atoms with Crippen molar-refractivity contribution in [1.82, 2.24) is 0 Å². The molecule has 2 aliphatic carbocycles. The zero-order chi connectivity index (χ0) is 6.10. The van der Waals surface area contributed by atoms with Crippen molar-refractivity contribution < 1.29 is 17.1 Å². The van der Waals surface area contributed by atoms with Gasteiger partial charge in [-0.05, 0) is 11.8 Å². The molecule has 0 amide bonds. The van der Waals surface area contributed by atoms with E-state index in [4.69, 9.17) is 0 Å². The van der Waals surface area contributed by atoms with E-state index in [1.54, 1.807) is 25.7 Å². The molecular weight excluding hydrogens is 164 g/mol. The van der Waals surface area contributed by atoms with Gasteiger partial charge < -0.3 is 0 Å². The number of fused-ring (bicyclic) bond motifs is 1. The van der Waals surface area contributed by atoms with Crippen molar-refractivity contribution in [3.63, 3.8) is 0 Å². The SMILES string of the molecule is C1CCC2CCCC2C1.[Fe]. The summed E-state index contributed by atoms with van der Waals surface area (Å²) in [6.45, 7) is 0. The molecule has 0 aromatic rings. The van der Waals surface area contributed by atoms with E-state index in [0.717, 1.165) is 0 Å². The second-order valence-electron chi connectivity index (χ2n) is 3.74. The van der Waals surface area contributed by atoms with Crippen molar-refractivity contribution in [2.75, 3.05) is 0 Å². The Morgan fingerprint density at radius 1 is 0.600 bits per heavy atom. The van der Waals surface area contributed by atoms with Crippen LogP contribution in [-0.4, -0.2) is 0 Å². The predicted molar refractivity (Wildman–Crippen MR) is 39.3 cm³/mol. The van der Waals surface area contributed by atoms with E-state index in [1.807, 2.05) is 0 Å². The second kappa shape index (κ2) is 3.78. The summed E-state index contributed by atoms with van der Waals surface area (Å²) >= 11 is 0. The minimum absolute atomic E-state index is 0. The summed E-state index contributed by atoms with van der Waals surface area (Å²) in [6, 6.07) is 0. The van der Waals surface area contributed by atoms with Gasteiger partial charge in [-0.1, -0.05) is 44.9 Å². The average molecular weight is 180 g/mol. The predicted octanol–water partition coefficient (Wildman–Crippen LogP) is 2.97. The van der Waals surface area contributed by atoms with Crippen LogP contribution in [0.25, 0.3) is 0 Å². The molecule has 2 rings (SSSR count). The van der Waals surface area contributed by atoms with Gasteiger partial charge in [0, 0.05) is 17.1 Å². The van der Waals surface area contributed by atoms with Crippen LogP contribution in [0.15, 0.2) is 0 Å². The van der Waals surface area contributed by atoms with Crippen LogP contribution in [0.1, 0.15) is 44.9 Å². The first kappa shape index (κ1) is 8.61. The maximum absolute atomic E-state index is 1.56. The zero-order valence-corrected chi connectivity index (χ0v) is 7.56. The summed E-state index contributed by atoms with van der Waals surface area (Å²) in [7, 11) is 0. The Balaban J connectivity index is 0.000000500. The third-order valence-corrected chi connectivity index (χ3v) is 3.22. The monoisotopic (exact) mass is 180 g/mol. The molecule has 2 atom stereocenters. The molecule has 2 fully saturated rings. The van der Waals surface area contributed by atoms with E-state index >= 15 is 0 Å². The molecule has 0 radical (unpaired) electrons. The maximum Gasteiger partial charge on any atom is 0 e. The van der Waals surface area contributed by atoms with E-state index < -0.39 is 0 Å². The van der Waals surface area contributed by atoms with Crippen molar-refractivity contribution in [2.24, 2.45) is 11.8 Å². The Labute approximate surface area is 74.2 Å². The Kier molecular flexibility index (Phi) is 3.26. The Bertz CT molecular complexity index is 88.9. The largest absolute Gasteiger partial charge is 0.0530 e. The fourth-order valence-corrected chi connectivity index (χ4v) is 2.69. The molecule has 2 aliphatic rings. The van der Waals surface area contributed by atoms with Crippen molar-refractivity contribution >= 4 is 0 Å². The van der Waals surface area contributed by atoms with Gasteiger partial charge in [-0.2, -0.15) is 0 Å². The average Bonchev–Trinajstić information content (AvgIpc) is 2.33. The molecule has 0 N–H and O–H groups in total. The molecule has 0 bridgehead atoms. The molecule has 0 aromatic carbocycles. The second-order valence-corrected chi connectivity index (χ2v) is 3.74. The number of hydrogen-bond donors (Lipinski definition) is 0. The molecule has 0 nitrogen and oxygen atoms in total.